The number of methoxy groups -OCH3 is 1. The molecule has 0 aromatic heterocycles. The van der Waals surface area contributed by atoms with Crippen LogP contribution in [0.1, 0.15) is 6.92 Å². The van der Waals surface area contributed by atoms with Gasteiger partial charge < -0.3 is 14.8 Å². The average molecular weight is 430 g/mol. The number of hydrogen-bond donors (Lipinski definition) is 1. The molecule has 0 bridgehead atoms. The predicted octanol–water partition coefficient (Wildman–Crippen LogP) is 4.22. The lowest BCUT2D eigenvalue weighted by Crippen LogP contribution is -2.30. The van der Waals surface area contributed by atoms with Crippen molar-refractivity contribution in [3.8, 4) is 11.5 Å². The van der Waals surface area contributed by atoms with Crippen LogP contribution in [0.2, 0.25) is 10.0 Å². The van der Waals surface area contributed by atoms with Crippen LogP contribution in [0.3, 0.4) is 0 Å². The van der Waals surface area contributed by atoms with E-state index in [0.717, 1.165) is 19.2 Å². The number of nitro groups is 2. The molecular formula is C16H13Cl2N3O7. The Morgan fingerprint density at radius 3 is 2.14 bits per heavy atom. The van der Waals surface area contributed by atoms with E-state index >= 15 is 0 Å². The molecule has 0 radical (unpaired) electrons. The van der Waals surface area contributed by atoms with Gasteiger partial charge in [0, 0.05) is 17.2 Å². The molecule has 0 spiro atoms. The number of carbonyl (C=O) groups is 1. The van der Waals surface area contributed by atoms with Gasteiger partial charge in [-0.2, -0.15) is 0 Å². The SMILES string of the molecule is COc1c([N+](=O)[O-])cc(NC(=O)[C@@H](C)Oc2ccc(Cl)cc2Cl)cc1[N+](=O)[O-]. The minimum atomic E-state index is -1.07. The van der Waals surface area contributed by atoms with E-state index in [1.54, 1.807) is 0 Å². The Bertz CT molecular complexity index is 917. The molecule has 10 nitrogen and oxygen atoms in total. The van der Waals surface area contributed by atoms with Crippen molar-refractivity contribution in [2.24, 2.45) is 0 Å². The number of carbonyl (C=O) groups excluding carboxylic acids is 1. The highest BCUT2D eigenvalue weighted by Crippen LogP contribution is 2.39. The van der Waals surface area contributed by atoms with E-state index in [0.29, 0.717) is 5.02 Å². The van der Waals surface area contributed by atoms with Crippen molar-refractivity contribution < 1.29 is 24.1 Å². The molecular weight excluding hydrogens is 417 g/mol. The van der Waals surface area contributed by atoms with Crippen LogP contribution in [0.5, 0.6) is 11.5 Å². The molecule has 2 rings (SSSR count). The molecule has 0 heterocycles. The zero-order valence-electron chi connectivity index (χ0n) is 14.5. The van der Waals surface area contributed by atoms with Crippen LogP contribution in [-0.4, -0.2) is 29.0 Å². The van der Waals surface area contributed by atoms with Gasteiger partial charge in [0.2, 0.25) is 0 Å². The molecule has 1 atom stereocenters. The molecule has 28 heavy (non-hydrogen) atoms. The molecule has 0 saturated carbocycles. The number of halogens is 2. The van der Waals surface area contributed by atoms with Gasteiger partial charge in [0.15, 0.2) is 6.10 Å². The summed E-state index contributed by atoms with van der Waals surface area (Å²) in [5, 5.41) is 25.2. The number of nitrogens with one attached hydrogen (secondary N) is 1. The lowest BCUT2D eigenvalue weighted by atomic mass is 10.2. The molecule has 0 saturated heterocycles. The molecule has 0 aliphatic heterocycles. The highest BCUT2D eigenvalue weighted by molar-refractivity contribution is 6.35. The van der Waals surface area contributed by atoms with Crippen molar-refractivity contribution in [3.63, 3.8) is 0 Å². The first-order valence-corrected chi connectivity index (χ1v) is 8.33. The Morgan fingerprint density at radius 2 is 1.68 bits per heavy atom. The van der Waals surface area contributed by atoms with Gasteiger partial charge in [0.05, 0.1) is 27.7 Å². The minimum Gasteiger partial charge on any atom is -0.485 e. The van der Waals surface area contributed by atoms with Gasteiger partial charge in [-0.05, 0) is 25.1 Å². The van der Waals surface area contributed by atoms with E-state index in [2.05, 4.69) is 5.32 Å². The molecule has 148 valence electrons. The third kappa shape index (κ3) is 4.78. The maximum absolute atomic E-state index is 12.3. The van der Waals surface area contributed by atoms with Crippen molar-refractivity contribution in [2.45, 2.75) is 13.0 Å². The van der Waals surface area contributed by atoms with Crippen molar-refractivity contribution in [1.82, 2.24) is 0 Å². The van der Waals surface area contributed by atoms with Crippen molar-refractivity contribution in [2.75, 3.05) is 12.4 Å². The van der Waals surface area contributed by atoms with Gasteiger partial charge in [0.25, 0.3) is 11.7 Å². The number of amides is 1. The van der Waals surface area contributed by atoms with Gasteiger partial charge in [-0.15, -0.1) is 0 Å². The van der Waals surface area contributed by atoms with Crippen LogP contribution in [0.15, 0.2) is 30.3 Å². The molecule has 2 aromatic rings. The highest BCUT2D eigenvalue weighted by atomic mass is 35.5. The first-order valence-electron chi connectivity index (χ1n) is 7.57. The second-order valence-corrected chi connectivity index (χ2v) is 6.23. The van der Waals surface area contributed by atoms with Crippen LogP contribution in [-0.2, 0) is 4.79 Å². The van der Waals surface area contributed by atoms with E-state index < -0.39 is 39.0 Å². The fourth-order valence-corrected chi connectivity index (χ4v) is 2.66. The van der Waals surface area contributed by atoms with Crippen molar-refractivity contribution in [1.29, 1.82) is 0 Å². The topological polar surface area (TPSA) is 134 Å². The quantitative estimate of drug-likeness (QED) is 0.513. The number of ether oxygens (including phenoxy) is 2. The van der Waals surface area contributed by atoms with Crippen LogP contribution in [0, 0.1) is 20.2 Å². The number of anilines is 1. The third-order valence-corrected chi connectivity index (χ3v) is 4.01. The number of nitro benzene ring substituents is 2. The zero-order valence-corrected chi connectivity index (χ0v) is 16.0. The Balaban J connectivity index is 2.27. The second-order valence-electron chi connectivity index (χ2n) is 5.39. The Morgan fingerprint density at radius 1 is 1.11 bits per heavy atom. The summed E-state index contributed by atoms with van der Waals surface area (Å²) < 4.78 is 10.2. The molecule has 0 aliphatic carbocycles. The van der Waals surface area contributed by atoms with E-state index in [1.807, 2.05) is 0 Å². The Hall–Kier alpha value is -3.11. The molecule has 1 amide bonds. The molecule has 0 unspecified atom stereocenters. The monoisotopic (exact) mass is 429 g/mol. The van der Waals surface area contributed by atoms with Crippen LogP contribution >= 0.6 is 23.2 Å². The summed E-state index contributed by atoms with van der Waals surface area (Å²) in [6.07, 6.45) is -1.07. The minimum absolute atomic E-state index is 0.165. The smallest absolute Gasteiger partial charge is 0.320 e. The molecule has 1 N–H and O–H groups in total. The Labute approximate surface area is 168 Å². The maximum atomic E-state index is 12.3. The third-order valence-electron chi connectivity index (χ3n) is 3.48. The van der Waals surface area contributed by atoms with Crippen molar-refractivity contribution >= 4 is 46.2 Å². The number of nitrogens with zero attached hydrogens (tertiary/aromatic N) is 2. The standard InChI is InChI=1S/C16H13Cl2N3O7/c1-8(28-14-4-3-9(17)5-11(14)18)16(22)19-10-6-12(20(23)24)15(27-2)13(7-10)21(25)26/h3-8H,1-2H3,(H,19,22)/t8-/m1/s1. The molecule has 0 fully saturated rings. The molecule has 2 aromatic carbocycles. The van der Waals surface area contributed by atoms with E-state index in [4.69, 9.17) is 32.7 Å². The van der Waals surface area contributed by atoms with Gasteiger partial charge in [-0.1, -0.05) is 23.2 Å². The normalized spacial score (nSPS) is 11.4. The number of rotatable bonds is 7. The van der Waals surface area contributed by atoms with Gasteiger partial charge in [-0.25, -0.2) is 0 Å². The summed E-state index contributed by atoms with van der Waals surface area (Å²) in [7, 11) is 1.07. The van der Waals surface area contributed by atoms with Crippen molar-refractivity contribution in [3.05, 3.63) is 60.6 Å². The number of hydrogen-bond acceptors (Lipinski definition) is 7. The van der Waals surface area contributed by atoms with E-state index in [-0.39, 0.29) is 16.5 Å². The van der Waals surface area contributed by atoms with E-state index in [9.17, 15) is 25.0 Å². The number of benzene rings is 2. The van der Waals surface area contributed by atoms with Crippen LogP contribution < -0.4 is 14.8 Å². The largest absolute Gasteiger partial charge is 0.485 e. The van der Waals surface area contributed by atoms with Gasteiger partial charge in [0.1, 0.15) is 5.75 Å². The molecule has 12 heteroatoms. The second kappa shape index (κ2) is 8.72. The zero-order chi connectivity index (χ0) is 21.0. The first-order chi connectivity index (χ1) is 13.1. The Kier molecular flexibility index (Phi) is 6.60. The fraction of sp³-hybridized carbons (Fsp3) is 0.188. The summed E-state index contributed by atoms with van der Waals surface area (Å²) in [4.78, 5) is 33.0. The first kappa shape index (κ1) is 21.2. The van der Waals surface area contributed by atoms with E-state index in [1.165, 1.54) is 25.1 Å². The van der Waals surface area contributed by atoms with Crippen LogP contribution in [0.4, 0.5) is 17.1 Å². The van der Waals surface area contributed by atoms with Gasteiger partial charge >= 0.3 is 11.4 Å². The summed E-state index contributed by atoms with van der Waals surface area (Å²) in [6.45, 7) is 1.41. The lowest BCUT2D eigenvalue weighted by molar-refractivity contribution is -0.395. The average Bonchev–Trinajstić information content (AvgIpc) is 2.62. The maximum Gasteiger partial charge on any atom is 0.320 e. The molecule has 0 aliphatic rings. The highest BCUT2D eigenvalue weighted by Gasteiger charge is 2.29. The van der Waals surface area contributed by atoms with Gasteiger partial charge in [-0.3, -0.25) is 25.0 Å². The fourth-order valence-electron chi connectivity index (χ4n) is 2.21. The lowest BCUT2D eigenvalue weighted by Gasteiger charge is -2.16. The predicted molar refractivity (Wildman–Crippen MR) is 101 cm³/mol. The summed E-state index contributed by atoms with van der Waals surface area (Å²) >= 11 is 11.8. The summed E-state index contributed by atoms with van der Waals surface area (Å²) in [5.41, 5.74) is -1.50. The summed E-state index contributed by atoms with van der Waals surface area (Å²) in [5.74, 6) is -1.04. The summed E-state index contributed by atoms with van der Waals surface area (Å²) in [6, 6.07) is 6.32. The van der Waals surface area contributed by atoms with Crippen LogP contribution in [0.25, 0.3) is 0 Å².